The Morgan fingerprint density at radius 3 is 1.96 bits per heavy atom. The molecule has 28 heavy (non-hydrogen) atoms. The third kappa shape index (κ3) is 5.97. The third-order valence-electron chi connectivity index (χ3n) is 4.12. The number of nitrogens with zero attached hydrogens (tertiary/aromatic N) is 2. The molecule has 0 aromatic heterocycles. The molecule has 1 amide bonds. The van der Waals surface area contributed by atoms with Crippen molar-refractivity contribution in [2.24, 2.45) is 0 Å². The van der Waals surface area contributed by atoms with E-state index in [9.17, 15) is 27.6 Å². The van der Waals surface area contributed by atoms with E-state index >= 15 is 0 Å². The van der Waals surface area contributed by atoms with Gasteiger partial charge in [-0.05, 0) is 45.0 Å². The Balaban J connectivity index is 1.92. The average molecular weight is 400 g/mol. The average Bonchev–Trinajstić information content (AvgIpc) is 2.59. The van der Waals surface area contributed by atoms with Crippen LogP contribution in [0.15, 0.2) is 24.3 Å². The van der Waals surface area contributed by atoms with Crippen LogP contribution in [-0.4, -0.2) is 60.5 Å². The van der Waals surface area contributed by atoms with Crippen molar-refractivity contribution in [1.29, 1.82) is 0 Å². The van der Waals surface area contributed by atoms with Crippen molar-refractivity contribution in [3.63, 3.8) is 0 Å². The molecule has 0 saturated carbocycles. The van der Waals surface area contributed by atoms with Gasteiger partial charge in [0.05, 0.1) is 6.42 Å². The highest BCUT2D eigenvalue weighted by atomic mass is 19.4. The lowest BCUT2D eigenvalue weighted by Gasteiger charge is -2.36. The quantitative estimate of drug-likeness (QED) is 0.572. The number of benzene rings is 1. The summed E-state index contributed by atoms with van der Waals surface area (Å²) in [6.45, 7) is 7.44. The molecular weight excluding hydrogens is 377 g/mol. The minimum Gasteiger partial charge on any atom is -0.444 e. The van der Waals surface area contributed by atoms with Crippen molar-refractivity contribution in [3.8, 4) is 0 Å². The van der Waals surface area contributed by atoms with Gasteiger partial charge >= 0.3 is 12.3 Å². The van der Waals surface area contributed by atoms with Crippen molar-refractivity contribution in [2.45, 2.75) is 39.0 Å². The minimum atomic E-state index is -5.01. The molecule has 1 fully saturated rings. The molecule has 9 heteroatoms. The molecule has 0 N–H and O–H groups in total. The largest absolute Gasteiger partial charge is 0.450 e. The van der Waals surface area contributed by atoms with Gasteiger partial charge in [0.25, 0.3) is 0 Å². The van der Waals surface area contributed by atoms with Crippen molar-refractivity contribution < 1.29 is 32.3 Å². The summed E-state index contributed by atoms with van der Waals surface area (Å²) in [5.74, 6) is -2.93. The second-order valence-corrected chi connectivity index (χ2v) is 7.52. The molecular formula is C19H23F3N2O4. The molecule has 2 rings (SSSR count). The summed E-state index contributed by atoms with van der Waals surface area (Å²) in [6.07, 6.45) is -6.58. The number of hydrogen-bond donors (Lipinski definition) is 0. The van der Waals surface area contributed by atoms with Crippen LogP contribution >= 0.6 is 0 Å². The van der Waals surface area contributed by atoms with Gasteiger partial charge in [-0.3, -0.25) is 9.59 Å². The Labute approximate surface area is 161 Å². The Kier molecular flexibility index (Phi) is 6.36. The van der Waals surface area contributed by atoms with Gasteiger partial charge in [0.15, 0.2) is 5.78 Å². The smallest absolute Gasteiger partial charge is 0.444 e. The minimum absolute atomic E-state index is 0.0498. The standard InChI is InChI=1S/C19H23F3N2O4/c1-18(2,3)28-17(27)24-10-8-23(9-11-24)14-6-4-13(5-7-14)15(25)12-16(26)19(20,21)22/h4-7H,8-12H2,1-3H3. The molecule has 1 aliphatic heterocycles. The summed E-state index contributed by atoms with van der Waals surface area (Å²) < 4.78 is 42.1. The molecule has 0 unspecified atom stereocenters. The summed E-state index contributed by atoms with van der Waals surface area (Å²) in [6, 6.07) is 6.05. The fraction of sp³-hybridized carbons (Fsp3) is 0.526. The van der Waals surface area contributed by atoms with Crippen LogP contribution in [0.4, 0.5) is 23.7 Å². The number of Topliss-reactive ketones (excluding diaryl/α,β-unsaturated/α-hetero) is 2. The van der Waals surface area contributed by atoms with E-state index in [1.165, 1.54) is 12.1 Å². The third-order valence-corrected chi connectivity index (χ3v) is 4.12. The number of piperazine rings is 1. The van der Waals surface area contributed by atoms with E-state index in [0.29, 0.717) is 26.2 Å². The van der Waals surface area contributed by atoms with Crippen molar-refractivity contribution in [3.05, 3.63) is 29.8 Å². The lowest BCUT2D eigenvalue weighted by molar-refractivity contribution is -0.170. The number of rotatable bonds is 4. The molecule has 1 saturated heterocycles. The molecule has 6 nitrogen and oxygen atoms in total. The van der Waals surface area contributed by atoms with E-state index in [1.807, 2.05) is 4.90 Å². The Hall–Kier alpha value is -2.58. The van der Waals surface area contributed by atoms with Gasteiger partial charge in [-0.15, -0.1) is 0 Å². The number of carbonyl (C=O) groups is 3. The fourth-order valence-corrected chi connectivity index (χ4v) is 2.68. The molecule has 1 aromatic rings. The van der Waals surface area contributed by atoms with Crippen LogP contribution in [0, 0.1) is 0 Å². The fourth-order valence-electron chi connectivity index (χ4n) is 2.68. The number of ether oxygens (including phenoxy) is 1. The molecule has 0 atom stereocenters. The number of halogens is 3. The van der Waals surface area contributed by atoms with E-state index in [0.717, 1.165) is 5.69 Å². The monoisotopic (exact) mass is 400 g/mol. The SMILES string of the molecule is CC(C)(C)OC(=O)N1CCN(c2ccc(C(=O)CC(=O)C(F)(F)F)cc2)CC1. The molecule has 0 spiro atoms. The predicted molar refractivity (Wildman–Crippen MR) is 96.5 cm³/mol. The molecule has 0 bridgehead atoms. The van der Waals surface area contributed by atoms with E-state index in [-0.39, 0.29) is 11.7 Å². The van der Waals surface area contributed by atoms with Gasteiger partial charge < -0.3 is 14.5 Å². The normalized spacial score (nSPS) is 15.4. The highest BCUT2D eigenvalue weighted by molar-refractivity contribution is 6.09. The maximum Gasteiger partial charge on any atom is 0.450 e. The summed E-state index contributed by atoms with van der Waals surface area (Å²) in [5, 5.41) is 0. The highest BCUT2D eigenvalue weighted by Gasteiger charge is 2.39. The number of anilines is 1. The van der Waals surface area contributed by atoms with Crippen LogP contribution in [0.2, 0.25) is 0 Å². The summed E-state index contributed by atoms with van der Waals surface area (Å²) >= 11 is 0. The predicted octanol–water partition coefficient (Wildman–Crippen LogP) is 3.45. The molecule has 1 aromatic carbocycles. The second-order valence-electron chi connectivity index (χ2n) is 7.52. The van der Waals surface area contributed by atoms with Gasteiger partial charge in [0.1, 0.15) is 5.60 Å². The van der Waals surface area contributed by atoms with Gasteiger partial charge in [0, 0.05) is 37.4 Å². The Morgan fingerprint density at radius 2 is 1.50 bits per heavy atom. The zero-order chi connectivity index (χ0) is 21.1. The van der Waals surface area contributed by atoms with Gasteiger partial charge in [-0.2, -0.15) is 13.2 Å². The van der Waals surface area contributed by atoms with Crippen molar-refractivity contribution >= 4 is 23.3 Å². The maximum absolute atomic E-state index is 12.3. The van der Waals surface area contributed by atoms with Crippen LogP contribution in [0.1, 0.15) is 37.6 Å². The van der Waals surface area contributed by atoms with E-state index in [4.69, 9.17) is 4.74 Å². The summed E-state index contributed by atoms with van der Waals surface area (Å²) in [4.78, 5) is 38.5. The van der Waals surface area contributed by atoms with E-state index in [1.54, 1.807) is 37.8 Å². The molecule has 1 heterocycles. The first-order valence-corrected chi connectivity index (χ1v) is 8.83. The zero-order valence-electron chi connectivity index (χ0n) is 16.0. The topological polar surface area (TPSA) is 66.9 Å². The van der Waals surface area contributed by atoms with Crippen molar-refractivity contribution in [2.75, 3.05) is 31.1 Å². The first-order valence-electron chi connectivity index (χ1n) is 8.83. The van der Waals surface area contributed by atoms with Crippen LogP contribution in [-0.2, 0) is 9.53 Å². The first-order chi connectivity index (χ1) is 12.9. The summed E-state index contributed by atoms with van der Waals surface area (Å²) in [7, 11) is 0. The van der Waals surface area contributed by atoms with Crippen molar-refractivity contribution in [1.82, 2.24) is 4.90 Å². The molecule has 1 aliphatic rings. The van der Waals surface area contributed by atoms with Gasteiger partial charge in [0.2, 0.25) is 5.78 Å². The molecule has 0 aliphatic carbocycles. The highest BCUT2D eigenvalue weighted by Crippen LogP contribution is 2.22. The number of amides is 1. The van der Waals surface area contributed by atoms with Crippen LogP contribution in [0.3, 0.4) is 0 Å². The van der Waals surface area contributed by atoms with Crippen LogP contribution < -0.4 is 4.90 Å². The first kappa shape index (κ1) is 21.7. The number of hydrogen-bond acceptors (Lipinski definition) is 5. The Bertz CT molecular complexity index is 731. The lowest BCUT2D eigenvalue weighted by atomic mass is 10.0. The van der Waals surface area contributed by atoms with E-state index < -0.39 is 29.8 Å². The zero-order valence-corrected chi connectivity index (χ0v) is 16.0. The summed E-state index contributed by atoms with van der Waals surface area (Å²) in [5.41, 5.74) is 0.264. The van der Waals surface area contributed by atoms with Gasteiger partial charge in [-0.25, -0.2) is 4.79 Å². The van der Waals surface area contributed by atoms with Crippen LogP contribution in [0.25, 0.3) is 0 Å². The molecule has 0 radical (unpaired) electrons. The van der Waals surface area contributed by atoms with Gasteiger partial charge in [-0.1, -0.05) is 0 Å². The lowest BCUT2D eigenvalue weighted by Crippen LogP contribution is -2.50. The second kappa shape index (κ2) is 8.20. The van der Waals surface area contributed by atoms with Crippen LogP contribution in [0.5, 0.6) is 0 Å². The number of ketones is 2. The number of carbonyl (C=O) groups excluding carboxylic acids is 3. The maximum atomic E-state index is 12.3. The Morgan fingerprint density at radius 1 is 0.964 bits per heavy atom. The number of alkyl halides is 3. The van der Waals surface area contributed by atoms with E-state index in [2.05, 4.69) is 0 Å². The molecule has 154 valence electrons.